The van der Waals surface area contributed by atoms with E-state index in [4.69, 9.17) is 0 Å². The lowest BCUT2D eigenvalue weighted by molar-refractivity contribution is 0.277. The second-order valence-corrected chi connectivity index (χ2v) is 4.91. The molecule has 0 spiro atoms. The Labute approximate surface area is 112 Å². The van der Waals surface area contributed by atoms with Crippen molar-refractivity contribution in [3.63, 3.8) is 0 Å². The van der Waals surface area contributed by atoms with Crippen LogP contribution in [0.2, 0.25) is 0 Å². The molecule has 0 heterocycles. The molecule has 0 unspecified atom stereocenters. The molecule has 0 aliphatic rings. The number of nitrogens with zero attached hydrogens (tertiary/aromatic N) is 2. The third-order valence-corrected chi connectivity index (χ3v) is 3.04. The predicted octanol–water partition coefficient (Wildman–Crippen LogP) is 1.66. The summed E-state index contributed by atoms with van der Waals surface area (Å²) in [5.41, 5.74) is 1.40. The lowest BCUT2D eigenvalue weighted by atomic mass is 10.2. The fourth-order valence-corrected chi connectivity index (χ4v) is 1.86. The van der Waals surface area contributed by atoms with Gasteiger partial charge in [0, 0.05) is 32.7 Å². The Hall–Kier alpha value is -0.900. The summed E-state index contributed by atoms with van der Waals surface area (Å²) in [6, 6.07) is 10.7. The van der Waals surface area contributed by atoms with E-state index < -0.39 is 0 Å². The highest BCUT2D eigenvalue weighted by Gasteiger charge is 2.02. The van der Waals surface area contributed by atoms with Crippen molar-refractivity contribution >= 4 is 0 Å². The number of hydrogen-bond acceptors (Lipinski definition) is 3. The third-order valence-electron chi connectivity index (χ3n) is 3.04. The van der Waals surface area contributed by atoms with Crippen molar-refractivity contribution in [1.82, 2.24) is 15.1 Å². The monoisotopic (exact) mass is 249 g/mol. The largest absolute Gasteiger partial charge is 0.314 e. The molecule has 0 aliphatic carbocycles. The number of benzene rings is 1. The van der Waals surface area contributed by atoms with Gasteiger partial charge in [-0.25, -0.2) is 0 Å². The molecule has 0 aliphatic heterocycles. The maximum atomic E-state index is 3.48. The molecule has 0 atom stereocenters. The minimum atomic E-state index is 1.05. The lowest BCUT2D eigenvalue weighted by Crippen LogP contribution is -2.34. The maximum Gasteiger partial charge on any atom is 0.0234 e. The van der Waals surface area contributed by atoms with Crippen LogP contribution in [-0.2, 0) is 6.54 Å². The average Bonchev–Trinajstić information content (AvgIpc) is 2.38. The van der Waals surface area contributed by atoms with E-state index in [1.807, 2.05) is 0 Å². The fourth-order valence-electron chi connectivity index (χ4n) is 1.86. The molecule has 0 saturated carbocycles. The van der Waals surface area contributed by atoms with Crippen LogP contribution in [0.4, 0.5) is 0 Å². The van der Waals surface area contributed by atoms with E-state index in [9.17, 15) is 0 Å². The maximum absolute atomic E-state index is 3.48. The molecule has 1 aromatic carbocycles. The second kappa shape index (κ2) is 9.09. The van der Waals surface area contributed by atoms with Crippen LogP contribution in [0, 0.1) is 0 Å². The van der Waals surface area contributed by atoms with Crippen molar-refractivity contribution in [3.05, 3.63) is 35.9 Å². The van der Waals surface area contributed by atoms with Gasteiger partial charge in [0.15, 0.2) is 0 Å². The van der Waals surface area contributed by atoms with E-state index in [1.165, 1.54) is 5.56 Å². The molecule has 102 valence electrons. The van der Waals surface area contributed by atoms with Crippen LogP contribution in [0.1, 0.15) is 12.5 Å². The standard InChI is InChI=1S/C15H27N3/c1-4-18(13-11-16-10-12-17(2)3)14-15-8-6-5-7-9-15/h5-9,16H,4,10-14H2,1-3H3. The molecule has 1 N–H and O–H groups in total. The number of nitrogens with one attached hydrogen (secondary N) is 1. The Bertz CT molecular complexity index is 298. The van der Waals surface area contributed by atoms with Gasteiger partial charge in [0.1, 0.15) is 0 Å². The highest BCUT2D eigenvalue weighted by Crippen LogP contribution is 2.03. The Morgan fingerprint density at radius 3 is 2.28 bits per heavy atom. The average molecular weight is 249 g/mol. The van der Waals surface area contributed by atoms with Gasteiger partial charge in [-0.15, -0.1) is 0 Å². The van der Waals surface area contributed by atoms with E-state index in [1.54, 1.807) is 0 Å². The fraction of sp³-hybridized carbons (Fsp3) is 0.600. The van der Waals surface area contributed by atoms with Crippen molar-refractivity contribution in [2.75, 3.05) is 46.8 Å². The van der Waals surface area contributed by atoms with Crippen LogP contribution < -0.4 is 5.32 Å². The first-order valence-electron chi connectivity index (χ1n) is 6.84. The van der Waals surface area contributed by atoms with Crippen LogP contribution in [-0.4, -0.2) is 56.6 Å². The zero-order valence-electron chi connectivity index (χ0n) is 12.0. The van der Waals surface area contributed by atoms with Gasteiger partial charge in [-0.05, 0) is 26.2 Å². The first-order valence-corrected chi connectivity index (χ1v) is 6.84. The molecule has 1 aromatic rings. The van der Waals surface area contributed by atoms with Gasteiger partial charge in [-0.2, -0.15) is 0 Å². The Morgan fingerprint density at radius 1 is 1.00 bits per heavy atom. The molecule has 0 fully saturated rings. The van der Waals surface area contributed by atoms with Gasteiger partial charge in [-0.3, -0.25) is 4.90 Å². The van der Waals surface area contributed by atoms with Gasteiger partial charge < -0.3 is 10.2 Å². The summed E-state index contributed by atoms with van der Waals surface area (Å²) >= 11 is 0. The zero-order chi connectivity index (χ0) is 13.2. The first-order chi connectivity index (χ1) is 8.72. The molecule has 0 radical (unpaired) electrons. The smallest absolute Gasteiger partial charge is 0.0234 e. The van der Waals surface area contributed by atoms with Crippen molar-refractivity contribution < 1.29 is 0 Å². The number of likely N-dealkylation sites (N-methyl/N-ethyl adjacent to an activating group) is 2. The normalized spacial score (nSPS) is 11.4. The van der Waals surface area contributed by atoms with Crippen molar-refractivity contribution in [2.24, 2.45) is 0 Å². The Morgan fingerprint density at radius 2 is 1.67 bits per heavy atom. The van der Waals surface area contributed by atoms with Gasteiger partial charge in [-0.1, -0.05) is 37.3 Å². The van der Waals surface area contributed by atoms with Crippen molar-refractivity contribution in [3.8, 4) is 0 Å². The topological polar surface area (TPSA) is 18.5 Å². The lowest BCUT2D eigenvalue weighted by Gasteiger charge is -2.21. The predicted molar refractivity (Wildman–Crippen MR) is 78.8 cm³/mol. The van der Waals surface area contributed by atoms with E-state index in [0.29, 0.717) is 0 Å². The number of hydrogen-bond donors (Lipinski definition) is 1. The molecule has 0 saturated heterocycles. The number of rotatable bonds is 9. The summed E-state index contributed by atoms with van der Waals surface area (Å²) in [6.45, 7) is 8.72. The van der Waals surface area contributed by atoms with Crippen LogP contribution in [0.25, 0.3) is 0 Å². The summed E-state index contributed by atoms with van der Waals surface area (Å²) in [4.78, 5) is 4.67. The Kier molecular flexibility index (Phi) is 7.65. The summed E-state index contributed by atoms with van der Waals surface area (Å²) in [5, 5.41) is 3.48. The second-order valence-electron chi connectivity index (χ2n) is 4.91. The van der Waals surface area contributed by atoms with Gasteiger partial charge in [0.05, 0.1) is 0 Å². The van der Waals surface area contributed by atoms with Crippen LogP contribution in [0.15, 0.2) is 30.3 Å². The SMILES string of the molecule is CCN(CCNCCN(C)C)Cc1ccccc1. The molecule has 0 amide bonds. The van der Waals surface area contributed by atoms with E-state index >= 15 is 0 Å². The summed E-state index contributed by atoms with van der Waals surface area (Å²) in [7, 11) is 4.21. The van der Waals surface area contributed by atoms with E-state index in [0.717, 1.165) is 39.3 Å². The van der Waals surface area contributed by atoms with Crippen LogP contribution in [0.3, 0.4) is 0 Å². The van der Waals surface area contributed by atoms with E-state index in [2.05, 4.69) is 66.5 Å². The minimum absolute atomic E-state index is 1.05. The van der Waals surface area contributed by atoms with E-state index in [-0.39, 0.29) is 0 Å². The van der Waals surface area contributed by atoms with Crippen LogP contribution >= 0.6 is 0 Å². The zero-order valence-corrected chi connectivity index (χ0v) is 12.0. The minimum Gasteiger partial charge on any atom is -0.314 e. The molecule has 3 heteroatoms. The van der Waals surface area contributed by atoms with Gasteiger partial charge in [0.25, 0.3) is 0 Å². The quantitative estimate of drug-likeness (QED) is 0.672. The molecule has 0 aromatic heterocycles. The third kappa shape index (κ3) is 6.74. The summed E-state index contributed by atoms with van der Waals surface area (Å²) in [5.74, 6) is 0. The molecule has 18 heavy (non-hydrogen) atoms. The summed E-state index contributed by atoms with van der Waals surface area (Å²) in [6.07, 6.45) is 0. The first kappa shape index (κ1) is 15.2. The van der Waals surface area contributed by atoms with Crippen molar-refractivity contribution in [2.45, 2.75) is 13.5 Å². The molecule has 1 rings (SSSR count). The van der Waals surface area contributed by atoms with Gasteiger partial charge in [0.2, 0.25) is 0 Å². The van der Waals surface area contributed by atoms with Gasteiger partial charge >= 0.3 is 0 Å². The molecule has 3 nitrogen and oxygen atoms in total. The molecule has 0 bridgehead atoms. The molecular weight excluding hydrogens is 222 g/mol. The highest BCUT2D eigenvalue weighted by atomic mass is 15.1. The highest BCUT2D eigenvalue weighted by molar-refractivity contribution is 5.14. The summed E-state index contributed by atoms with van der Waals surface area (Å²) < 4.78 is 0. The Balaban J connectivity index is 2.18. The van der Waals surface area contributed by atoms with Crippen molar-refractivity contribution in [1.29, 1.82) is 0 Å². The molecular formula is C15H27N3. The van der Waals surface area contributed by atoms with Crippen LogP contribution in [0.5, 0.6) is 0 Å².